The van der Waals surface area contributed by atoms with E-state index in [9.17, 15) is 4.79 Å². The monoisotopic (exact) mass is 155 g/mol. The fourth-order valence-corrected chi connectivity index (χ4v) is 1.61. The SMILES string of the molecule is CC(=O)N[C@H]1C[C@H](C(C)C)C1. The van der Waals surface area contributed by atoms with Crippen LogP contribution in [-0.4, -0.2) is 11.9 Å². The molecular formula is C9H17NO. The van der Waals surface area contributed by atoms with Crippen molar-refractivity contribution in [1.29, 1.82) is 0 Å². The second-order valence-electron chi connectivity index (χ2n) is 3.87. The first-order valence-electron chi connectivity index (χ1n) is 4.36. The van der Waals surface area contributed by atoms with Crippen molar-refractivity contribution in [3.8, 4) is 0 Å². The van der Waals surface area contributed by atoms with Gasteiger partial charge < -0.3 is 5.32 Å². The van der Waals surface area contributed by atoms with Crippen LogP contribution in [-0.2, 0) is 4.79 Å². The van der Waals surface area contributed by atoms with E-state index < -0.39 is 0 Å². The quantitative estimate of drug-likeness (QED) is 0.644. The molecule has 1 aliphatic carbocycles. The van der Waals surface area contributed by atoms with E-state index in [1.165, 1.54) is 12.8 Å². The average Bonchev–Trinajstić information content (AvgIpc) is 1.75. The summed E-state index contributed by atoms with van der Waals surface area (Å²) in [4.78, 5) is 10.6. The average molecular weight is 155 g/mol. The molecule has 0 unspecified atom stereocenters. The third-order valence-electron chi connectivity index (χ3n) is 2.52. The highest BCUT2D eigenvalue weighted by Gasteiger charge is 2.31. The van der Waals surface area contributed by atoms with Crippen LogP contribution < -0.4 is 5.32 Å². The molecule has 1 rings (SSSR count). The molecule has 0 saturated heterocycles. The molecule has 11 heavy (non-hydrogen) atoms. The lowest BCUT2D eigenvalue weighted by Gasteiger charge is -2.38. The van der Waals surface area contributed by atoms with Crippen molar-refractivity contribution < 1.29 is 4.79 Å². The Morgan fingerprint density at radius 3 is 2.36 bits per heavy atom. The van der Waals surface area contributed by atoms with Gasteiger partial charge >= 0.3 is 0 Å². The first-order chi connectivity index (χ1) is 5.09. The van der Waals surface area contributed by atoms with Crippen LogP contribution in [0.1, 0.15) is 33.6 Å². The van der Waals surface area contributed by atoms with Gasteiger partial charge in [-0.2, -0.15) is 0 Å². The molecule has 1 fully saturated rings. The molecule has 1 N–H and O–H groups in total. The zero-order valence-electron chi connectivity index (χ0n) is 7.55. The van der Waals surface area contributed by atoms with Crippen molar-refractivity contribution >= 4 is 5.91 Å². The van der Waals surface area contributed by atoms with Gasteiger partial charge in [0.2, 0.25) is 5.91 Å². The van der Waals surface area contributed by atoms with Gasteiger partial charge in [0.05, 0.1) is 0 Å². The molecule has 1 aliphatic rings. The summed E-state index contributed by atoms with van der Waals surface area (Å²) in [7, 11) is 0. The maximum Gasteiger partial charge on any atom is 0.217 e. The van der Waals surface area contributed by atoms with Gasteiger partial charge in [-0.3, -0.25) is 4.79 Å². The summed E-state index contributed by atoms with van der Waals surface area (Å²) in [5.41, 5.74) is 0. The Kier molecular flexibility index (Phi) is 2.53. The summed E-state index contributed by atoms with van der Waals surface area (Å²) < 4.78 is 0. The summed E-state index contributed by atoms with van der Waals surface area (Å²) in [5.74, 6) is 1.73. The van der Waals surface area contributed by atoms with Gasteiger partial charge in [-0.05, 0) is 24.7 Å². The highest BCUT2D eigenvalue weighted by atomic mass is 16.1. The summed E-state index contributed by atoms with van der Waals surface area (Å²) >= 11 is 0. The minimum atomic E-state index is 0.109. The van der Waals surface area contributed by atoms with E-state index in [0.29, 0.717) is 6.04 Å². The van der Waals surface area contributed by atoms with Crippen molar-refractivity contribution in [3.05, 3.63) is 0 Å². The van der Waals surface area contributed by atoms with Gasteiger partial charge in [0.15, 0.2) is 0 Å². The van der Waals surface area contributed by atoms with Crippen LogP contribution >= 0.6 is 0 Å². The molecule has 64 valence electrons. The van der Waals surface area contributed by atoms with Crippen LogP contribution in [0.5, 0.6) is 0 Å². The molecule has 2 nitrogen and oxygen atoms in total. The lowest BCUT2D eigenvalue weighted by molar-refractivity contribution is -0.120. The van der Waals surface area contributed by atoms with Gasteiger partial charge in [0.25, 0.3) is 0 Å². The topological polar surface area (TPSA) is 29.1 Å². The van der Waals surface area contributed by atoms with E-state index in [0.717, 1.165) is 11.8 Å². The fraction of sp³-hybridized carbons (Fsp3) is 0.889. The second-order valence-corrected chi connectivity index (χ2v) is 3.87. The summed E-state index contributed by atoms with van der Waals surface area (Å²) in [6, 6.07) is 0.472. The van der Waals surface area contributed by atoms with Gasteiger partial charge in [-0.15, -0.1) is 0 Å². The van der Waals surface area contributed by atoms with Gasteiger partial charge in [0, 0.05) is 13.0 Å². The molecule has 0 radical (unpaired) electrons. The maximum absolute atomic E-state index is 10.6. The van der Waals surface area contributed by atoms with E-state index >= 15 is 0 Å². The third kappa shape index (κ3) is 2.21. The lowest BCUT2D eigenvalue weighted by atomic mass is 9.74. The molecule has 0 aromatic carbocycles. The Morgan fingerprint density at radius 1 is 1.45 bits per heavy atom. The molecule has 0 aromatic rings. The molecular weight excluding hydrogens is 138 g/mol. The zero-order valence-corrected chi connectivity index (χ0v) is 7.55. The molecule has 1 amide bonds. The number of nitrogens with one attached hydrogen (secondary N) is 1. The zero-order chi connectivity index (χ0) is 8.43. The Balaban J connectivity index is 2.14. The predicted molar refractivity (Wildman–Crippen MR) is 45.2 cm³/mol. The van der Waals surface area contributed by atoms with Crippen LogP contribution in [0, 0.1) is 11.8 Å². The summed E-state index contributed by atoms with van der Waals surface area (Å²) in [5, 5.41) is 2.93. The minimum absolute atomic E-state index is 0.109. The first-order valence-corrected chi connectivity index (χ1v) is 4.36. The van der Waals surface area contributed by atoms with Gasteiger partial charge in [-0.25, -0.2) is 0 Å². The molecule has 0 atom stereocenters. The number of amides is 1. The van der Waals surface area contributed by atoms with Crippen molar-refractivity contribution in [2.24, 2.45) is 11.8 Å². The van der Waals surface area contributed by atoms with E-state index in [-0.39, 0.29) is 5.91 Å². The largest absolute Gasteiger partial charge is 0.354 e. The Hall–Kier alpha value is -0.530. The fourth-order valence-electron chi connectivity index (χ4n) is 1.61. The smallest absolute Gasteiger partial charge is 0.217 e. The number of hydrogen-bond donors (Lipinski definition) is 1. The van der Waals surface area contributed by atoms with Crippen molar-refractivity contribution in [2.45, 2.75) is 39.7 Å². The van der Waals surface area contributed by atoms with E-state index in [1.807, 2.05) is 0 Å². The third-order valence-corrected chi connectivity index (χ3v) is 2.52. The minimum Gasteiger partial charge on any atom is -0.354 e. The van der Waals surface area contributed by atoms with Crippen molar-refractivity contribution in [2.75, 3.05) is 0 Å². The highest BCUT2D eigenvalue weighted by Crippen LogP contribution is 2.33. The van der Waals surface area contributed by atoms with E-state index in [1.54, 1.807) is 6.92 Å². The van der Waals surface area contributed by atoms with Crippen molar-refractivity contribution in [1.82, 2.24) is 5.32 Å². The first kappa shape index (κ1) is 8.57. The number of carbonyl (C=O) groups is 1. The Bertz CT molecular complexity index is 148. The summed E-state index contributed by atoms with van der Waals surface area (Å²) in [6.07, 6.45) is 2.36. The molecule has 0 heterocycles. The van der Waals surface area contributed by atoms with Gasteiger partial charge in [0.1, 0.15) is 0 Å². The number of hydrogen-bond acceptors (Lipinski definition) is 1. The Morgan fingerprint density at radius 2 is 2.00 bits per heavy atom. The molecule has 2 heteroatoms. The highest BCUT2D eigenvalue weighted by molar-refractivity contribution is 5.73. The Labute approximate surface area is 68.4 Å². The standard InChI is InChI=1S/C9H17NO/c1-6(2)8-4-9(5-8)10-7(3)11/h6,8-9H,4-5H2,1-3H3,(H,10,11)/t8-,9-. The van der Waals surface area contributed by atoms with Crippen LogP contribution in [0.4, 0.5) is 0 Å². The van der Waals surface area contributed by atoms with E-state index in [4.69, 9.17) is 0 Å². The van der Waals surface area contributed by atoms with Crippen LogP contribution in [0.3, 0.4) is 0 Å². The molecule has 0 aliphatic heterocycles. The van der Waals surface area contributed by atoms with Crippen molar-refractivity contribution in [3.63, 3.8) is 0 Å². The number of rotatable bonds is 2. The maximum atomic E-state index is 10.6. The summed E-state index contributed by atoms with van der Waals surface area (Å²) in [6.45, 7) is 6.08. The molecule has 1 saturated carbocycles. The van der Waals surface area contributed by atoms with Gasteiger partial charge in [-0.1, -0.05) is 13.8 Å². The van der Waals surface area contributed by atoms with Crippen LogP contribution in [0.25, 0.3) is 0 Å². The molecule has 0 spiro atoms. The lowest BCUT2D eigenvalue weighted by Crippen LogP contribution is -2.44. The molecule has 0 bridgehead atoms. The second kappa shape index (κ2) is 3.24. The number of carbonyl (C=O) groups excluding carboxylic acids is 1. The van der Waals surface area contributed by atoms with Crippen LogP contribution in [0.2, 0.25) is 0 Å². The van der Waals surface area contributed by atoms with E-state index in [2.05, 4.69) is 19.2 Å². The normalized spacial score (nSPS) is 29.8. The molecule has 0 aromatic heterocycles. The van der Waals surface area contributed by atoms with Crippen LogP contribution in [0.15, 0.2) is 0 Å². The predicted octanol–water partition coefficient (Wildman–Crippen LogP) is 1.56.